The summed E-state index contributed by atoms with van der Waals surface area (Å²) in [5.74, 6) is -2.17. The fourth-order valence-electron chi connectivity index (χ4n) is 1.83. The summed E-state index contributed by atoms with van der Waals surface area (Å²) < 4.78 is 0. The highest BCUT2D eigenvalue weighted by Gasteiger charge is 2.35. The van der Waals surface area contributed by atoms with Gasteiger partial charge < -0.3 is 15.1 Å². The van der Waals surface area contributed by atoms with Crippen molar-refractivity contribution in [1.29, 1.82) is 0 Å². The van der Waals surface area contributed by atoms with Gasteiger partial charge in [0.2, 0.25) is 5.91 Å². The minimum atomic E-state index is -1.01. The zero-order valence-electron chi connectivity index (χ0n) is 8.76. The first kappa shape index (κ1) is 11.7. The highest BCUT2D eigenvalue weighted by molar-refractivity contribution is 6.30. The first-order valence-electron chi connectivity index (χ1n) is 5.00. The fraction of sp³-hybridized carbons (Fsp3) is 0.273. The molecule has 6 heteroatoms. The van der Waals surface area contributed by atoms with Crippen molar-refractivity contribution in [2.75, 3.05) is 11.4 Å². The van der Waals surface area contributed by atoms with Crippen LogP contribution >= 0.6 is 11.6 Å². The third kappa shape index (κ3) is 2.19. The van der Waals surface area contributed by atoms with Gasteiger partial charge in [-0.2, -0.15) is 0 Å². The zero-order chi connectivity index (χ0) is 12.6. The van der Waals surface area contributed by atoms with Crippen molar-refractivity contribution in [3.63, 3.8) is 0 Å². The molecule has 0 aromatic heterocycles. The summed E-state index contributed by atoms with van der Waals surface area (Å²) in [6.07, 6.45) is -0.0442. The van der Waals surface area contributed by atoms with Crippen molar-refractivity contribution in [2.45, 2.75) is 6.42 Å². The summed E-state index contributed by atoms with van der Waals surface area (Å²) >= 11 is 5.68. The average Bonchev–Trinajstić information content (AvgIpc) is 2.61. The monoisotopic (exact) mass is 255 g/mol. The molecule has 0 radical (unpaired) electrons. The van der Waals surface area contributed by atoms with E-state index < -0.39 is 11.9 Å². The first-order chi connectivity index (χ1) is 7.99. The SMILES string of the molecule is O=C(O)C1CC(=O)N(c2ccc(Cl)cc2O)C1. The predicted molar refractivity (Wildman–Crippen MR) is 61.2 cm³/mol. The lowest BCUT2D eigenvalue weighted by Gasteiger charge is -2.17. The van der Waals surface area contributed by atoms with Crippen LogP contribution in [0.3, 0.4) is 0 Å². The number of carbonyl (C=O) groups is 2. The maximum absolute atomic E-state index is 11.6. The molecule has 0 aliphatic carbocycles. The Morgan fingerprint density at radius 3 is 2.71 bits per heavy atom. The number of hydrogen-bond acceptors (Lipinski definition) is 3. The quantitative estimate of drug-likeness (QED) is 0.839. The highest BCUT2D eigenvalue weighted by atomic mass is 35.5. The molecule has 2 rings (SSSR count). The number of aliphatic carboxylic acids is 1. The van der Waals surface area contributed by atoms with Crippen LogP contribution in [-0.2, 0) is 9.59 Å². The van der Waals surface area contributed by atoms with Crippen LogP contribution in [0.1, 0.15) is 6.42 Å². The van der Waals surface area contributed by atoms with Gasteiger partial charge in [-0.25, -0.2) is 0 Å². The molecule has 0 spiro atoms. The molecule has 1 amide bonds. The van der Waals surface area contributed by atoms with Crippen LogP contribution in [0.4, 0.5) is 5.69 Å². The molecule has 1 aromatic carbocycles. The Bertz CT molecular complexity index is 488. The molecule has 5 nitrogen and oxygen atoms in total. The number of phenols is 1. The molecule has 17 heavy (non-hydrogen) atoms. The second kappa shape index (κ2) is 4.25. The number of anilines is 1. The van der Waals surface area contributed by atoms with Gasteiger partial charge >= 0.3 is 5.97 Å². The smallest absolute Gasteiger partial charge is 0.308 e. The van der Waals surface area contributed by atoms with Crippen molar-refractivity contribution in [1.82, 2.24) is 0 Å². The van der Waals surface area contributed by atoms with Crippen LogP contribution in [0.5, 0.6) is 5.75 Å². The maximum Gasteiger partial charge on any atom is 0.308 e. The third-order valence-corrected chi connectivity index (χ3v) is 2.94. The second-order valence-corrected chi connectivity index (χ2v) is 4.31. The number of nitrogens with zero attached hydrogens (tertiary/aromatic N) is 1. The van der Waals surface area contributed by atoms with Crippen LogP contribution in [0.2, 0.25) is 5.02 Å². The molecule has 1 aliphatic rings. The van der Waals surface area contributed by atoms with Crippen molar-refractivity contribution >= 4 is 29.2 Å². The lowest BCUT2D eigenvalue weighted by molar-refractivity contribution is -0.141. The van der Waals surface area contributed by atoms with Crippen molar-refractivity contribution in [3.05, 3.63) is 23.2 Å². The molecular weight excluding hydrogens is 246 g/mol. The standard InChI is InChI=1S/C11H10ClNO4/c12-7-1-2-8(9(14)4-7)13-5-6(11(16)17)3-10(13)15/h1-2,4,6,14H,3,5H2,(H,16,17). The molecule has 1 aliphatic heterocycles. The van der Waals surface area contributed by atoms with Gasteiger partial charge in [-0.05, 0) is 12.1 Å². The van der Waals surface area contributed by atoms with Crippen molar-refractivity contribution < 1.29 is 19.8 Å². The number of carboxylic acid groups (broad SMARTS) is 1. The van der Waals surface area contributed by atoms with Gasteiger partial charge in [-0.3, -0.25) is 9.59 Å². The van der Waals surface area contributed by atoms with Crippen molar-refractivity contribution in [2.24, 2.45) is 5.92 Å². The number of rotatable bonds is 2. The Balaban J connectivity index is 2.29. The Labute approximate surface area is 102 Å². The summed E-state index contributed by atoms with van der Waals surface area (Å²) in [7, 11) is 0. The topological polar surface area (TPSA) is 77.8 Å². The number of carboxylic acids is 1. The summed E-state index contributed by atoms with van der Waals surface area (Å²) in [5.41, 5.74) is 0.295. The molecule has 1 saturated heterocycles. The predicted octanol–water partition coefficient (Wildman–Crippen LogP) is 1.48. The maximum atomic E-state index is 11.6. The van der Waals surface area contributed by atoms with Gasteiger partial charge in [-0.15, -0.1) is 0 Å². The van der Waals surface area contributed by atoms with Crippen LogP contribution in [0, 0.1) is 5.92 Å². The number of carbonyl (C=O) groups excluding carboxylic acids is 1. The Hall–Kier alpha value is -1.75. The molecule has 0 saturated carbocycles. The van der Waals surface area contributed by atoms with E-state index in [4.69, 9.17) is 16.7 Å². The van der Waals surface area contributed by atoms with E-state index in [-0.39, 0.29) is 24.6 Å². The third-order valence-electron chi connectivity index (χ3n) is 2.70. The minimum Gasteiger partial charge on any atom is -0.506 e. The van der Waals surface area contributed by atoms with Crippen LogP contribution < -0.4 is 4.90 Å². The van der Waals surface area contributed by atoms with Gasteiger partial charge in [0.1, 0.15) is 5.75 Å². The van der Waals surface area contributed by atoms with Crippen LogP contribution in [-0.4, -0.2) is 28.6 Å². The van der Waals surface area contributed by atoms with Gasteiger partial charge in [0.25, 0.3) is 0 Å². The molecule has 2 N–H and O–H groups in total. The molecule has 1 aromatic rings. The number of benzene rings is 1. The fourth-order valence-corrected chi connectivity index (χ4v) is 2.00. The lowest BCUT2D eigenvalue weighted by Crippen LogP contribution is -2.25. The number of phenolic OH excluding ortho intramolecular Hbond substituents is 1. The van der Waals surface area contributed by atoms with E-state index in [0.29, 0.717) is 10.7 Å². The molecule has 1 fully saturated rings. The first-order valence-corrected chi connectivity index (χ1v) is 5.38. The van der Waals surface area contributed by atoms with E-state index >= 15 is 0 Å². The van der Waals surface area contributed by atoms with Gasteiger partial charge in [0, 0.05) is 24.1 Å². The van der Waals surface area contributed by atoms with E-state index in [1.165, 1.54) is 23.1 Å². The van der Waals surface area contributed by atoms with Crippen LogP contribution in [0.25, 0.3) is 0 Å². The van der Waals surface area contributed by atoms with E-state index in [9.17, 15) is 14.7 Å². The molecular formula is C11H10ClNO4. The van der Waals surface area contributed by atoms with Crippen molar-refractivity contribution in [3.8, 4) is 5.75 Å². The molecule has 1 atom stereocenters. The highest BCUT2D eigenvalue weighted by Crippen LogP contribution is 2.34. The van der Waals surface area contributed by atoms with Crippen LogP contribution in [0.15, 0.2) is 18.2 Å². The number of halogens is 1. The van der Waals surface area contributed by atoms with E-state index in [2.05, 4.69) is 0 Å². The van der Waals surface area contributed by atoms with Gasteiger partial charge in [0.05, 0.1) is 11.6 Å². The second-order valence-electron chi connectivity index (χ2n) is 3.88. The van der Waals surface area contributed by atoms with Gasteiger partial charge in [-0.1, -0.05) is 11.6 Å². The lowest BCUT2D eigenvalue weighted by atomic mass is 10.1. The normalized spacial score (nSPS) is 19.7. The van der Waals surface area contributed by atoms with E-state index in [1.54, 1.807) is 0 Å². The Morgan fingerprint density at radius 2 is 2.18 bits per heavy atom. The Morgan fingerprint density at radius 1 is 1.47 bits per heavy atom. The Kier molecular flexibility index (Phi) is 2.93. The summed E-state index contributed by atoms with van der Waals surface area (Å²) in [6, 6.07) is 4.36. The molecule has 0 bridgehead atoms. The number of amides is 1. The molecule has 90 valence electrons. The summed E-state index contributed by atoms with van der Waals surface area (Å²) in [6.45, 7) is 0.0728. The summed E-state index contributed by atoms with van der Waals surface area (Å²) in [5, 5.41) is 18.9. The van der Waals surface area contributed by atoms with E-state index in [1.807, 2.05) is 0 Å². The largest absolute Gasteiger partial charge is 0.506 e. The van der Waals surface area contributed by atoms with E-state index in [0.717, 1.165) is 0 Å². The number of aromatic hydroxyl groups is 1. The van der Waals surface area contributed by atoms with Gasteiger partial charge in [0.15, 0.2) is 0 Å². The summed E-state index contributed by atoms with van der Waals surface area (Å²) in [4.78, 5) is 23.7. The number of hydrogen-bond donors (Lipinski definition) is 2. The average molecular weight is 256 g/mol. The minimum absolute atomic E-state index is 0.0442. The molecule has 1 unspecified atom stereocenters. The zero-order valence-corrected chi connectivity index (χ0v) is 9.52. The molecule has 1 heterocycles.